The van der Waals surface area contributed by atoms with Crippen LogP contribution in [-0.2, 0) is 26.2 Å². The van der Waals surface area contributed by atoms with Gasteiger partial charge in [-0.2, -0.15) is 0 Å². The van der Waals surface area contributed by atoms with Crippen molar-refractivity contribution in [2.24, 2.45) is 0 Å². The number of nitrogens with one attached hydrogen (secondary N) is 1. The third-order valence-corrected chi connectivity index (χ3v) is 8.05. The summed E-state index contributed by atoms with van der Waals surface area (Å²) in [5.74, 6) is -1.92. The molecule has 0 saturated carbocycles. The average Bonchev–Trinajstić information content (AvgIpc) is 2.86. The van der Waals surface area contributed by atoms with Crippen molar-refractivity contribution in [2.45, 2.75) is 51.2 Å². The van der Waals surface area contributed by atoms with E-state index >= 15 is 0 Å². The molecular formula is C28H31ClFN3O4S. The Labute approximate surface area is 228 Å². The molecule has 0 unspecified atom stereocenters. The van der Waals surface area contributed by atoms with E-state index < -0.39 is 40.2 Å². The van der Waals surface area contributed by atoms with E-state index in [0.29, 0.717) is 10.6 Å². The molecule has 0 aliphatic heterocycles. The third-order valence-electron chi connectivity index (χ3n) is 5.91. The summed E-state index contributed by atoms with van der Waals surface area (Å²) in [5, 5.41) is 3.16. The highest BCUT2D eigenvalue weighted by Crippen LogP contribution is 2.27. The minimum atomic E-state index is -4.35. The molecule has 0 spiro atoms. The number of hydrogen-bond acceptors (Lipinski definition) is 4. The van der Waals surface area contributed by atoms with Gasteiger partial charge in [-0.05, 0) is 63.6 Å². The van der Waals surface area contributed by atoms with Crippen molar-refractivity contribution in [2.75, 3.05) is 10.8 Å². The summed E-state index contributed by atoms with van der Waals surface area (Å²) in [6.07, 6.45) is 0. The molecule has 38 heavy (non-hydrogen) atoms. The van der Waals surface area contributed by atoms with Gasteiger partial charge in [0.25, 0.3) is 10.0 Å². The van der Waals surface area contributed by atoms with Gasteiger partial charge in [0.2, 0.25) is 11.8 Å². The zero-order valence-electron chi connectivity index (χ0n) is 21.7. The largest absolute Gasteiger partial charge is 0.352 e. The SMILES string of the molecule is Cc1ccc(S(=O)(=O)N(CC(=O)N(Cc2ccccc2Cl)[C@@H](C)C(=O)NC(C)C)c2ccccc2F)cc1. The second-order valence-corrected chi connectivity index (χ2v) is 11.5. The molecule has 10 heteroatoms. The van der Waals surface area contributed by atoms with Gasteiger partial charge in [-0.15, -0.1) is 0 Å². The topological polar surface area (TPSA) is 86.8 Å². The molecule has 3 aromatic carbocycles. The fourth-order valence-electron chi connectivity index (χ4n) is 3.80. The lowest BCUT2D eigenvalue weighted by Crippen LogP contribution is -2.52. The van der Waals surface area contributed by atoms with Crippen LogP contribution in [-0.4, -0.2) is 43.8 Å². The van der Waals surface area contributed by atoms with Crippen molar-refractivity contribution >= 4 is 39.1 Å². The average molecular weight is 560 g/mol. The van der Waals surface area contributed by atoms with E-state index in [0.717, 1.165) is 15.9 Å². The molecular weight excluding hydrogens is 529 g/mol. The van der Waals surface area contributed by atoms with E-state index in [1.54, 1.807) is 57.2 Å². The second kappa shape index (κ2) is 12.4. The first-order chi connectivity index (χ1) is 17.9. The van der Waals surface area contributed by atoms with Gasteiger partial charge in [-0.3, -0.25) is 13.9 Å². The van der Waals surface area contributed by atoms with Crippen molar-refractivity contribution in [3.05, 3.63) is 94.8 Å². The normalized spacial score (nSPS) is 12.2. The van der Waals surface area contributed by atoms with Crippen molar-refractivity contribution in [1.82, 2.24) is 10.2 Å². The zero-order chi connectivity index (χ0) is 28.0. The summed E-state index contributed by atoms with van der Waals surface area (Å²) in [4.78, 5) is 27.8. The van der Waals surface area contributed by atoms with Crippen LogP contribution in [0.4, 0.5) is 10.1 Å². The summed E-state index contributed by atoms with van der Waals surface area (Å²) >= 11 is 6.33. The van der Waals surface area contributed by atoms with Crippen molar-refractivity contribution in [3.8, 4) is 0 Å². The number of carbonyl (C=O) groups excluding carboxylic acids is 2. The minimum Gasteiger partial charge on any atom is -0.352 e. The van der Waals surface area contributed by atoms with E-state index in [4.69, 9.17) is 11.6 Å². The first-order valence-corrected chi connectivity index (χ1v) is 13.9. The molecule has 0 fully saturated rings. The van der Waals surface area contributed by atoms with Gasteiger partial charge in [0, 0.05) is 17.6 Å². The van der Waals surface area contributed by atoms with Crippen LogP contribution in [0.1, 0.15) is 31.9 Å². The molecule has 0 aliphatic carbocycles. The number of amides is 2. The molecule has 0 aliphatic rings. The maximum absolute atomic E-state index is 14.9. The lowest BCUT2D eigenvalue weighted by Gasteiger charge is -2.32. The van der Waals surface area contributed by atoms with Gasteiger partial charge in [0.15, 0.2) is 0 Å². The smallest absolute Gasteiger partial charge is 0.264 e. The first kappa shape index (κ1) is 29.1. The fourth-order valence-corrected chi connectivity index (χ4v) is 5.42. The molecule has 1 N–H and O–H groups in total. The van der Waals surface area contributed by atoms with Gasteiger partial charge in [-0.25, -0.2) is 12.8 Å². The number of halogens is 2. The van der Waals surface area contributed by atoms with Crippen LogP contribution < -0.4 is 9.62 Å². The maximum Gasteiger partial charge on any atom is 0.264 e. The van der Waals surface area contributed by atoms with Crippen LogP contribution in [0.25, 0.3) is 0 Å². The Morgan fingerprint density at radius 1 is 0.947 bits per heavy atom. The molecule has 0 radical (unpaired) electrons. The van der Waals surface area contributed by atoms with E-state index in [9.17, 15) is 22.4 Å². The maximum atomic E-state index is 14.9. The number of carbonyl (C=O) groups is 2. The summed E-state index contributed by atoms with van der Waals surface area (Å²) < 4.78 is 43.1. The summed E-state index contributed by atoms with van der Waals surface area (Å²) in [6, 6.07) is 17.1. The number of anilines is 1. The van der Waals surface area contributed by atoms with E-state index in [1.807, 2.05) is 6.92 Å². The van der Waals surface area contributed by atoms with E-state index in [1.165, 1.54) is 35.2 Å². The predicted molar refractivity (Wildman–Crippen MR) is 147 cm³/mol. The second-order valence-electron chi connectivity index (χ2n) is 9.23. The van der Waals surface area contributed by atoms with E-state index in [-0.39, 0.29) is 23.2 Å². The number of nitrogens with zero attached hydrogens (tertiary/aromatic N) is 2. The Kier molecular flexibility index (Phi) is 9.51. The molecule has 2 amide bonds. The Balaban J connectivity index is 2.06. The molecule has 0 bridgehead atoms. The molecule has 202 valence electrons. The van der Waals surface area contributed by atoms with Gasteiger partial charge < -0.3 is 10.2 Å². The van der Waals surface area contributed by atoms with Gasteiger partial charge in [0.1, 0.15) is 18.4 Å². The van der Waals surface area contributed by atoms with Crippen molar-refractivity contribution < 1.29 is 22.4 Å². The van der Waals surface area contributed by atoms with Crippen LogP contribution in [0, 0.1) is 12.7 Å². The lowest BCUT2D eigenvalue weighted by molar-refractivity contribution is -0.139. The number of sulfonamides is 1. The number of aryl methyl sites for hydroxylation is 1. The standard InChI is InChI=1S/C28H31ClFN3O4S/c1-19(2)31-28(35)21(4)32(17-22-9-5-6-10-24(22)29)27(34)18-33(26-12-8-7-11-25(26)30)38(36,37)23-15-13-20(3)14-16-23/h5-16,19,21H,17-18H2,1-4H3,(H,31,35)/t21-/m0/s1. The quantitative estimate of drug-likeness (QED) is 0.382. The lowest BCUT2D eigenvalue weighted by atomic mass is 10.1. The molecule has 0 aromatic heterocycles. The zero-order valence-corrected chi connectivity index (χ0v) is 23.3. The molecule has 3 rings (SSSR count). The Hall–Kier alpha value is -3.43. The highest BCUT2D eigenvalue weighted by Gasteiger charge is 2.33. The first-order valence-electron chi connectivity index (χ1n) is 12.1. The van der Waals surface area contributed by atoms with Gasteiger partial charge in [0.05, 0.1) is 10.6 Å². The highest BCUT2D eigenvalue weighted by molar-refractivity contribution is 7.92. The number of hydrogen-bond donors (Lipinski definition) is 1. The Bertz CT molecular complexity index is 1400. The highest BCUT2D eigenvalue weighted by atomic mass is 35.5. The third kappa shape index (κ3) is 6.90. The van der Waals surface area contributed by atoms with Crippen LogP contribution in [0.5, 0.6) is 0 Å². The molecule has 0 heterocycles. The minimum absolute atomic E-state index is 0.0547. The molecule has 3 aromatic rings. The van der Waals surface area contributed by atoms with Gasteiger partial charge in [-0.1, -0.05) is 59.6 Å². The number of para-hydroxylation sites is 1. The Morgan fingerprint density at radius 2 is 1.55 bits per heavy atom. The molecule has 0 saturated heterocycles. The van der Waals surface area contributed by atoms with Crippen LogP contribution >= 0.6 is 11.6 Å². The molecule has 1 atom stereocenters. The fraction of sp³-hybridized carbons (Fsp3) is 0.286. The Morgan fingerprint density at radius 3 is 2.16 bits per heavy atom. The van der Waals surface area contributed by atoms with Crippen molar-refractivity contribution in [3.63, 3.8) is 0 Å². The monoisotopic (exact) mass is 559 g/mol. The van der Waals surface area contributed by atoms with Crippen LogP contribution in [0.3, 0.4) is 0 Å². The number of benzene rings is 3. The van der Waals surface area contributed by atoms with Crippen LogP contribution in [0.15, 0.2) is 77.7 Å². The van der Waals surface area contributed by atoms with Crippen LogP contribution in [0.2, 0.25) is 5.02 Å². The predicted octanol–water partition coefficient (Wildman–Crippen LogP) is 4.92. The summed E-state index contributed by atoms with van der Waals surface area (Å²) in [5.41, 5.74) is 1.14. The molecule has 7 nitrogen and oxygen atoms in total. The number of rotatable bonds is 10. The van der Waals surface area contributed by atoms with Gasteiger partial charge >= 0.3 is 0 Å². The summed E-state index contributed by atoms with van der Waals surface area (Å²) in [7, 11) is -4.35. The van der Waals surface area contributed by atoms with Crippen molar-refractivity contribution in [1.29, 1.82) is 0 Å². The van der Waals surface area contributed by atoms with E-state index in [2.05, 4.69) is 5.32 Å². The summed E-state index contributed by atoms with van der Waals surface area (Å²) in [6.45, 7) is 6.15.